The standard InChI is InChI=1S/2C15H22F2N.2C5H5.Ti/c2*1-3-5-6-7-12(4-2)11-18-15-9-8-13(16)10-14(15)17;2*1-2-4-5-3-1;/h2*8-9,12,18H,3-7,11H2,1-2H3;2*1-3H,4H2;. The molecule has 0 fully saturated rings. The first-order valence-electron chi connectivity index (χ1n) is 18.0. The molecule has 0 heterocycles. The van der Waals surface area contributed by atoms with Crippen molar-refractivity contribution in [2.24, 2.45) is 11.8 Å². The predicted molar refractivity (Wildman–Crippen MR) is 188 cm³/mol. The van der Waals surface area contributed by atoms with Crippen LogP contribution in [0.2, 0.25) is 0 Å². The predicted octanol–water partition coefficient (Wildman–Crippen LogP) is 11.1. The number of hydrogen-bond acceptors (Lipinski definition) is 2. The zero-order chi connectivity index (χ0) is 33.8. The van der Waals surface area contributed by atoms with Crippen LogP contribution in [0.1, 0.15) is 105 Å². The monoisotopic (exact) mass is 686 g/mol. The van der Waals surface area contributed by atoms with Gasteiger partial charge in [-0.1, -0.05) is 0 Å². The summed E-state index contributed by atoms with van der Waals surface area (Å²) in [6.45, 7) is 9.70. The van der Waals surface area contributed by atoms with Crippen LogP contribution in [-0.2, 0) is 16.6 Å². The van der Waals surface area contributed by atoms with Gasteiger partial charge in [-0.2, -0.15) is 0 Å². The Hall–Kier alpha value is -2.57. The Bertz CT molecular complexity index is 1350. The van der Waals surface area contributed by atoms with Crippen LogP contribution in [0.4, 0.5) is 28.9 Å². The van der Waals surface area contributed by atoms with Crippen LogP contribution in [0, 0.1) is 35.1 Å². The average molecular weight is 687 g/mol. The molecule has 2 aliphatic rings. The Morgan fingerprint density at radius 2 is 1.04 bits per heavy atom. The molecule has 0 spiro atoms. The maximum atomic E-state index is 17.1. The summed E-state index contributed by atoms with van der Waals surface area (Å²) in [5.41, 5.74) is 0.382. The molecule has 2 N–H and O–H groups in total. The normalized spacial score (nSPS) is 15.6. The van der Waals surface area contributed by atoms with Gasteiger partial charge in [-0.05, 0) is 0 Å². The maximum absolute atomic E-state index is 17.1. The number of allylic oxidation sites excluding steroid dienone is 8. The van der Waals surface area contributed by atoms with Gasteiger partial charge >= 0.3 is 285 Å². The van der Waals surface area contributed by atoms with Crippen molar-refractivity contribution in [1.82, 2.24) is 0 Å². The molecule has 2 aromatic carbocycles. The second-order valence-corrected chi connectivity index (χ2v) is 19.2. The second-order valence-electron chi connectivity index (χ2n) is 13.3. The SMILES string of the molecule is CCCCCC(CC)CNc1ccc(F)[c]([Ti]([C]2=CC=CC2)([C]2=CC=CC2)[c]2c(F)ccc(NCC(CC)CCCCC)c2F)c1F. The molecule has 7 heteroatoms. The summed E-state index contributed by atoms with van der Waals surface area (Å²) in [5, 5.41) is 6.56. The first kappa shape index (κ1) is 37.3. The third-order valence-corrected chi connectivity index (χ3v) is 18.1. The molecule has 2 aromatic rings. The molecular formula is C40H54F4N2Ti. The number of anilines is 2. The van der Waals surface area contributed by atoms with E-state index in [2.05, 4.69) is 38.3 Å². The van der Waals surface area contributed by atoms with Crippen molar-refractivity contribution in [3.63, 3.8) is 0 Å². The second kappa shape index (κ2) is 18.3. The van der Waals surface area contributed by atoms with Crippen molar-refractivity contribution < 1.29 is 34.2 Å². The summed E-state index contributed by atoms with van der Waals surface area (Å²) in [4.78, 5) is 0. The summed E-state index contributed by atoms with van der Waals surface area (Å²) in [5.74, 6) is -2.27. The molecule has 2 nitrogen and oxygen atoms in total. The summed E-state index contributed by atoms with van der Waals surface area (Å²) in [6, 6.07) is 5.45. The van der Waals surface area contributed by atoms with E-state index in [4.69, 9.17) is 0 Å². The fraction of sp³-hybridized carbons (Fsp3) is 0.500. The Morgan fingerprint density at radius 1 is 0.617 bits per heavy atom. The molecule has 256 valence electrons. The van der Waals surface area contributed by atoms with Gasteiger partial charge in [0.2, 0.25) is 0 Å². The van der Waals surface area contributed by atoms with E-state index in [-0.39, 0.29) is 19.1 Å². The number of benzene rings is 2. The number of halogens is 4. The van der Waals surface area contributed by atoms with Crippen LogP contribution in [0.3, 0.4) is 0 Å². The number of unbranched alkanes of at least 4 members (excludes halogenated alkanes) is 4. The van der Waals surface area contributed by atoms with Crippen molar-refractivity contribution in [1.29, 1.82) is 0 Å². The van der Waals surface area contributed by atoms with Gasteiger partial charge in [0.1, 0.15) is 0 Å². The van der Waals surface area contributed by atoms with Crippen LogP contribution < -0.4 is 18.4 Å². The average Bonchev–Trinajstić information content (AvgIpc) is 3.81. The molecule has 0 radical (unpaired) electrons. The summed E-state index contributed by atoms with van der Waals surface area (Å²) in [7, 11) is 0. The molecule has 2 aliphatic carbocycles. The van der Waals surface area contributed by atoms with Crippen LogP contribution in [0.5, 0.6) is 0 Å². The van der Waals surface area contributed by atoms with Crippen LogP contribution in [-0.4, -0.2) is 13.1 Å². The Balaban J connectivity index is 1.84. The quantitative estimate of drug-likeness (QED) is 0.0823. The number of hydrogen-bond donors (Lipinski definition) is 2. The molecular weight excluding hydrogens is 632 g/mol. The summed E-state index contributed by atoms with van der Waals surface area (Å²) in [6.07, 6.45) is 22.7. The molecule has 0 saturated carbocycles. The van der Waals surface area contributed by atoms with Gasteiger partial charge in [0, 0.05) is 0 Å². The fourth-order valence-electron chi connectivity index (χ4n) is 7.27. The molecule has 2 atom stereocenters. The van der Waals surface area contributed by atoms with Gasteiger partial charge in [0.05, 0.1) is 0 Å². The van der Waals surface area contributed by atoms with Gasteiger partial charge in [-0.3, -0.25) is 0 Å². The van der Waals surface area contributed by atoms with Crippen molar-refractivity contribution in [3.05, 3.63) is 91.7 Å². The van der Waals surface area contributed by atoms with Crippen LogP contribution in [0.25, 0.3) is 0 Å². The fourth-order valence-corrected chi connectivity index (χ4v) is 15.5. The summed E-state index contributed by atoms with van der Waals surface area (Å²) >= 11 is -4.88. The van der Waals surface area contributed by atoms with Gasteiger partial charge in [-0.15, -0.1) is 0 Å². The zero-order valence-corrected chi connectivity index (χ0v) is 30.4. The van der Waals surface area contributed by atoms with Crippen molar-refractivity contribution in [2.45, 2.75) is 105 Å². The van der Waals surface area contributed by atoms with Crippen LogP contribution in [0.15, 0.2) is 68.5 Å². The molecule has 0 aliphatic heterocycles. The van der Waals surface area contributed by atoms with E-state index >= 15 is 17.6 Å². The van der Waals surface area contributed by atoms with Gasteiger partial charge in [0.15, 0.2) is 0 Å². The Kier molecular flexibility index (Phi) is 14.5. The van der Waals surface area contributed by atoms with E-state index in [0.717, 1.165) is 72.0 Å². The number of rotatable bonds is 20. The van der Waals surface area contributed by atoms with E-state index < -0.39 is 39.9 Å². The van der Waals surface area contributed by atoms with E-state index in [1.54, 1.807) is 0 Å². The van der Waals surface area contributed by atoms with E-state index in [1.807, 2.05) is 36.5 Å². The Morgan fingerprint density at radius 3 is 1.38 bits per heavy atom. The third kappa shape index (κ3) is 8.54. The minimum absolute atomic E-state index is 0.153. The first-order valence-corrected chi connectivity index (χ1v) is 21.1. The molecule has 0 amide bonds. The van der Waals surface area contributed by atoms with E-state index in [0.29, 0.717) is 37.8 Å². The van der Waals surface area contributed by atoms with E-state index in [1.165, 1.54) is 24.3 Å². The molecule has 4 rings (SSSR count). The summed E-state index contributed by atoms with van der Waals surface area (Å²) < 4.78 is 68.2. The van der Waals surface area contributed by atoms with Gasteiger partial charge in [0.25, 0.3) is 0 Å². The molecule has 0 saturated heterocycles. The van der Waals surface area contributed by atoms with Gasteiger partial charge in [-0.25, -0.2) is 0 Å². The Labute approximate surface area is 284 Å². The van der Waals surface area contributed by atoms with Crippen molar-refractivity contribution >= 4 is 19.1 Å². The minimum atomic E-state index is -4.88. The van der Waals surface area contributed by atoms with Crippen molar-refractivity contribution in [3.8, 4) is 0 Å². The zero-order valence-electron chi connectivity index (χ0n) is 28.8. The first-order chi connectivity index (χ1) is 22.8. The van der Waals surface area contributed by atoms with E-state index in [9.17, 15) is 0 Å². The molecule has 0 bridgehead atoms. The molecule has 2 unspecified atom stereocenters. The van der Waals surface area contributed by atoms with Crippen LogP contribution >= 0.6 is 0 Å². The number of nitrogens with one attached hydrogen (secondary N) is 2. The van der Waals surface area contributed by atoms with Gasteiger partial charge < -0.3 is 0 Å². The third-order valence-electron chi connectivity index (χ3n) is 10.2. The molecule has 47 heavy (non-hydrogen) atoms. The molecule has 0 aromatic heterocycles. The van der Waals surface area contributed by atoms with Crippen molar-refractivity contribution in [2.75, 3.05) is 23.7 Å². The topological polar surface area (TPSA) is 24.1 Å².